The molecule has 1 heterocycles. The topological polar surface area (TPSA) is 75.6 Å². The van der Waals surface area contributed by atoms with Crippen LogP contribution in [0, 0.1) is 0 Å². The van der Waals surface area contributed by atoms with E-state index in [4.69, 9.17) is 9.84 Å². The number of aliphatic carboxylic acids is 1. The third-order valence-electron chi connectivity index (χ3n) is 3.27. The molecule has 2 N–H and O–H groups in total. The summed E-state index contributed by atoms with van der Waals surface area (Å²) in [6.07, 6.45) is 1.30. The zero-order chi connectivity index (χ0) is 13.8. The van der Waals surface area contributed by atoms with Crippen molar-refractivity contribution in [1.29, 1.82) is 0 Å². The fourth-order valence-corrected chi connectivity index (χ4v) is 2.00. The van der Waals surface area contributed by atoms with E-state index in [1.54, 1.807) is 31.2 Å². The number of hydrogen-bond donors (Lipinski definition) is 2. The molecule has 1 fully saturated rings. The van der Waals surface area contributed by atoms with E-state index < -0.39 is 11.9 Å². The standard InChI is InChI=1S/C14H17NO4/c1-9(14(17)18)10-4-6-11(7-5-10)15-13(16)12-3-2-8-19-12/h4-7,9,12H,2-3,8H2,1H3,(H,15,16)(H,17,18). The van der Waals surface area contributed by atoms with Crippen molar-refractivity contribution in [2.24, 2.45) is 0 Å². The Hall–Kier alpha value is -1.88. The molecule has 5 heteroatoms. The van der Waals surface area contributed by atoms with Crippen LogP contribution in [0.1, 0.15) is 31.2 Å². The predicted octanol–water partition coefficient (Wildman–Crippen LogP) is 1.99. The minimum atomic E-state index is -0.865. The first-order chi connectivity index (χ1) is 9.08. The second-order valence-electron chi connectivity index (χ2n) is 4.67. The Morgan fingerprint density at radius 2 is 2.05 bits per heavy atom. The molecular formula is C14H17NO4. The molecule has 102 valence electrons. The van der Waals surface area contributed by atoms with Crippen LogP contribution < -0.4 is 5.32 Å². The first-order valence-electron chi connectivity index (χ1n) is 6.33. The third kappa shape index (κ3) is 3.32. The molecule has 2 rings (SSSR count). The van der Waals surface area contributed by atoms with Crippen molar-refractivity contribution in [3.05, 3.63) is 29.8 Å². The fourth-order valence-electron chi connectivity index (χ4n) is 2.00. The largest absolute Gasteiger partial charge is 0.481 e. The van der Waals surface area contributed by atoms with Gasteiger partial charge in [0, 0.05) is 12.3 Å². The van der Waals surface area contributed by atoms with Gasteiger partial charge in [0.2, 0.25) is 0 Å². The summed E-state index contributed by atoms with van der Waals surface area (Å²) in [5.74, 6) is -1.56. The molecule has 1 saturated heterocycles. The number of carbonyl (C=O) groups excluding carboxylic acids is 1. The second kappa shape index (κ2) is 5.84. The van der Waals surface area contributed by atoms with Gasteiger partial charge in [-0.2, -0.15) is 0 Å². The summed E-state index contributed by atoms with van der Waals surface area (Å²) in [6, 6.07) is 6.84. The highest BCUT2D eigenvalue weighted by Crippen LogP contribution is 2.19. The molecule has 5 nitrogen and oxygen atoms in total. The molecule has 0 aliphatic carbocycles. The van der Waals surface area contributed by atoms with E-state index in [1.165, 1.54) is 0 Å². The Labute approximate surface area is 111 Å². The minimum absolute atomic E-state index is 0.142. The molecule has 2 unspecified atom stereocenters. The van der Waals surface area contributed by atoms with Gasteiger partial charge in [-0.25, -0.2) is 0 Å². The van der Waals surface area contributed by atoms with Crippen molar-refractivity contribution >= 4 is 17.6 Å². The molecular weight excluding hydrogens is 246 g/mol. The van der Waals surface area contributed by atoms with E-state index in [-0.39, 0.29) is 12.0 Å². The van der Waals surface area contributed by atoms with E-state index >= 15 is 0 Å². The van der Waals surface area contributed by atoms with Crippen molar-refractivity contribution < 1.29 is 19.4 Å². The monoisotopic (exact) mass is 263 g/mol. The molecule has 0 spiro atoms. The normalized spacial score (nSPS) is 19.9. The lowest BCUT2D eigenvalue weighted by Crippen LogP contribution is -2.26. The second-order valence-corrected chi connectivity index (χ2v) is 4.67. The molecule has 1 aliphatic heterocycles. The number of carboxylic acids is 1. The van der Waals surface area contributed by atoms with Crippen LogP contribution in [-0.4, -0.2) is 29.7 Å². The molecule has 0 saturated carbocycles. The summed E-state index contributed by atoms with van der Waals surface area (Å²) in [4.78, 5) is 22.7. The number of amides is 1. The van der Waals surface area contributed by atoms with Gasteiger partial charge in [0.1, 0.15) is 6.10 Å². The first-order valence-corrected chi connectivity index (χ1v) is 6.33. The van der Waals surface area contributed by atoms with Crippen LogP contribution in [0.4, 0.5) is 5.69 Å². The number of anilines is 1. The molecule has 19 heavy (non-hydrogen) atoms. The van der Waals surface area contributed by atoms with Crippen molar-refractivity contribution in [3.63, 3.8) is 0 Å². The van der Waals surface area contributed by atoms with Crippen molar-refractivity contribution in [2.75, 3.05) is 11.9 Å². The quantitative estimate of drug-likeness (QED) is 0.871. The van der Waals surface area contributed by atoms with Crippen LogP contribution in [0.5, 0.6) is 0 Å². The van der Waals surface area contributed by atoms with E-state index in [0.717, 1.165) is 12.8 Å². The maximum absolute atomic E-state index is 11.8. The summed E-state index contributed by atoms with van der Waals surface area (Å²) >= 11 is 0. The highest BCUT2D eigenvalue weighted by atomic mass is 16.5. The van der Waals surface area contributed by atoms with Gasteiger partial charge in [0.15, 0.2) is 0 Å². The maximum atomic E-state index is 11.8. The van der Waals surface area contributed by atoms with Crippen LogP contribution in [-0.2, 0) is 14.3 Å². The van der Waals surface area contributed by atoms with E-state index in [2.05, 4.69) is 5.32 Å². The number of hydrogen-bond acceptors (Lipinski definition) is 3. The van der Waals surface area contributed by atoms with Gasteiger partial charge in [0.25, 0.3) is 5.91 Å². The Morgan fingerprint density at radius 3 is 2.58 bits per heavy atom. The molecule has 1 amide bonds. The highest BCUT2D eigenvalue weighted by Gasteiger charge is 2.23. The van der Waals surface area contributed by atoms with Crippen LogP contribution >= 0.6 is 0 Å². The smallest absolute Gasteiger partial charge is 0.310 e. The molecule has 1 aromatic rings. The number of ether oxygens (including phenoxy) is 1. The van der Waals surface area contributed by atoms with Crippen LogP contribution in [0.25, 0.3) is 0 Å². The average Bonchev–Trinajstić information content (AvgIpc) is 2.92. The van der Waals surface area contributed by atoms with E-state index in [1.807, 2.05) is 0 Å². The van der Waals surface area contributed by atoms with Crippen molar-refractivity contribution in [3.8, 4) is 0 Å². The number of benzene rings is 1. The molecule has 1 aromatic carbocycles. The summed E-state index contributed by atoms with van der Waals surface area (Å²) in [7, 11) is 0. The zero-order valence-electron chi connectivity index (χ0n) is 10.8. The Kier molecular flexibility index (Phi) is 4.16. The third-order valence-corrected chi connectivity index (χ3v) is 3.27. The lowest BCUT2D eigenvalue weighted by atomic mass is 10.0. The first kappa shape index (κ1) is 13.5. The number of nitrogens with one attached hydrogen (secondary N) is 1. The highest BCUT2D eigenvalue weighted by molar-refractivity contribution is 5.94. The number of carboxylic acid groups (broad SMARTS) is 1. The van der Waals surface area contributed by atoms with E-state index in [0.29, 0.717) is 17.9 Å². The fraction of sp³-hybridized carbons (Fsp3) is 0.429. The van der Waals surface area contributed by atoms with Gasteiger partial charge >= 0.3 is 5.97 Å². The van der Waals surface area contributed by atoms with Gasteiger partial charge in [-0.05, 0) is 37.5 Å². The Balaban J connectivity index is 1.98. The molecule has 0 radical (unpaired) electrons. The molecule has 1 aliphatic rings. The zero-order valence-corrected chi connectivity index (χ0v) is 10.8. The minimum Gasteiger partial charge on any atom is -0.481 e. The van der Waals surface area contributed by atoms with Gasteiger partial charge in [-0.3, -0.25) is 9.59 Å². The van der Waals surface area contributed by atoms with Crippen LogP contribution in [0.15, 0.2) is 24.3 Å². The van der Waals surface area contributed by atoms with Crippen LogP contribution in [0.3, 0.4) is 0 Å². The molecule has 0 bridgehead atoms. The molecule has 2 atom stereocenters. The van der Waals surface area contributed by atoms with Gasteiger partial charge in [-0.1, -0.05) is 12.1 Å². The number of carbonyl (C=O) groups is 2. The summed E-state index contributed by atoms with van der Waals surface area (Å²) in [5, 5.41) is 11.7. The average molecular weight is 263 g/mol. The van der Waals surface area contributed by atoms with E-state index in [9.17, 15) is 9.59 Å². The predicted molar refractivity (Wildman–Crippen MR) is 70.1 cm³/mol. The lowest BCUT2D eigenvalue weighted by Gasteiger charge is -2.11. The SMILES string of the molecule is CC(C(=O)O)c1ccc(NC(=O)C2CCCO2)cc1. The van der Waals surface area contributed by atoms with Crippen molar-refractivity contribution in [1.82, 2.24) is 0 Å². The van der Waals surface area contributed by atoms with Gasteiger partial charge < -0.3 is 15.2 Å². The van der Waals surface area contributed by atoms with Gasteiger partial charge in [-0.15, -0.1) is 0 Å². The van der Waals surface area contributed by atoms with Crippen LogP contribution in [0.2, 0.25) is 0 Å². The van der Waals surface area contributed by atoms with Crippen molar-refractivity contribution in [2.45, 2.75) is 31.8 Å². The Bertz CT molecular complexity index is 463. The lowest BCUT2D eigenvalue weighted by molar-refractivity contribution is -0.138. The summed E-state index contributed by atoms with van der Waals surface area (Å²) in [5.41, 5.74) is 1.37. The molecule has 0 aromatic heterocycles. The Morgan fingerprint density at radius 1 is 1.37 bits per heavy atom. The summed E-state index contributed by atoms with van der Waals surface area (Å²) in [6.45, 7) is 2.26. The maximum Gasteiger partial charge on any atom is 0.310 e. The number of rotatable bonds is 4. The summed E-state index contributed by atoms with van der Waals surface area (Å²) < 4.78 is 5.29. The van der Waals surface area contributed by atoms with Gasteiger partial charge in [0.05, 0.1) is 5.92 Å².